The third kappa shape index (κ3) is 3.58. The van der Waals surface area contributed by atoms with Crippen LogP contribution < -0.4 is 15.5 Å². The van der Waals surface area contributed by atoms with Gasteiger partial charge >= 0.3 is 0 Å². The van der Waals surface area contributed by atoms with Crippen LogP contribution in [0.1, 0.15) is 30.1 Å². The van der Waals surface area contributed by atoms with Crippen LogP contribution in [0.2, 0.25) is 0 Å². The van der Waals surface area contributed by atoms with Crippen LogP contribution in [0.15, 0.2) is 35.1 Å². The fraction of sp³-hybridized carbons (Fsp3) is 0.318. The number of pyridine rings is 1. The summed E-state index contributed by atoms with van der Waals surface area (Å²) in [5.74, 6) is -0.893. The number of hydrogen-bond acceptors (Lipinski definition) is 4. The number of fused-ring (bicyclic) bond motifs is 1. The molecule has 4 rings (SSSR count). The van der Waals surface area contributed by atoms with Crippen LogP contribution in [0.25, 0.3) is 10.9 Å². The Labute approximate surface area is 166 Å². The van der Waals surface area contributed by atoms with Crippen molar-refractivity contribution < 1.29 is 18.6 Å². The first-order chi connectivity index (χ1) is 13.9. The molecule has 0 aliphatic heterocycles. The van der Waals surface area contributed by atoms with E-state index in [2.05, 4.69) is 5.32 Å². The fourth-order valence-electron chi connectivity index (χ4n) is 3.68. The number of rotatable bonds is 6. The predicted molar refractivity (Wildman–Crippen MR) is 108 cm³/mol. The highest BCUT2D eigenvalue weighted by Gasteiger charge is 2.29. The Morgan fingerprint density at radius 3 is 2.59 bits per heavy atom. The van der Waals surface area contributed by atoms with E-state index < -0.39 is 17.1 Å². The number of nitrogens with zero attached hydrogens (tertiary/aromatic N) is 1. The minimum absolute atomic E-state index is 0.0250. The van der Waals surface area contributed by atoms with E-state index in [-0.39, 0.29) is 41.8 Å². The summed E-state index contributed by atoms with van der Waals surface area (Å²) in [6.07, 6.45) is 1.84. The number of ether oxygens (including phenoxy) is 1. The third-order valence-electron chi connectivity index (χ3n) is 5.11. The molecule has 0 unspecified atom stereocenters. The zero-order valence-electron chi connectivity index (χ0n) is 16.3. The van der Waals surface area contributed by atoms with E-state index in [1.165, 1.54) is 18.2 Å². The summed E-state index contributed by atoms with van der Waals surface area (Å²) in [6.45, 7) is 3.27. The molecule has 0 spiro atoms. The first-order valence-electron chi connectivity index (χ1n) is 9.56. The van der Waals surface area contributed by atoms with Crippen molar-refractivity contribution in [3.8, 4) is 5.75 Å². The molecule has 29 heavy (non-hydrogen) atoms. The van der Waals surface area contributed by atoms with Crippen LogP contribution in [0, 0.1) is 25.5 Å². The highest BCUT2D eigenvalue weighted by Crippen LogP contribution is 2.41. The van der Waals surface area contributed by atoms with E-state index in [1.807, 2.05) is 4.57 Å². The van der Waals surface area contributed by atoms with E-state index >= 15 is 0 Å². The second kappa shape index (κ2) is 7.48. The minimum atomic E-state index is -0.523. The molecule has 5 nitrogen and oxygen atoms in total. The van der Waals surface area contributed by atoms with Gasteiger partial charge in [-0.25, -0.2) is 8.78 Å². The molecule has 0 bridgehead atoms. The van der Waals surface area contributed by atoms with Crippen LogP contribution in [0.3, 0.4) is 0 Å². The fourth-order valence-corrected chi connectivity index (χ4v) is 3.68. The van der Waals surface area contributed by atoms with Gasteiger partial charge in [0.1, 0.15) is 18.2 Å². The average Bonchev–Trinajstić information content (AvgIpc) is 3.48. The molecule has 2 N–H and O–H groups in total. The number of aryl methyl sites for hydroxylation is 1. The molecule has 1 saturated carbocycles. The number of aliphatic hydroxyl groups is 1. The van der Waals surface area contributed by atoms with Crippen molar-refractivity contribution in [3.05, 3.63) is 63.4 Å². The number of halogens is 2. The SMILES string of the molecule is Cc1ccc(Nc2cc(F)cc3c2c(=O)c(OCCO)c(C)n3C2CC2)c(F)c1. The smallest absolute Gasteiger partial charge is 0.233 e. The molecule has 1 aliphatic carbocycles. The normalized spacial score (nSPS) is 13.7. The van der Waals surface area contributed by atoms with E-state index in [4.69, 9.17) is 9.84 Å². The maximum atomic E-state index is 14.5. The molecular weight excluding hydrogens is 378 g/mol. The molecule has 0 radical (unpaired) electrons. The summed E-state index contributed by atoms with van der Waals surface area (Å²) >= 11 is 0. The average molecular weight is 400 g/mol. The number of nitrogens with one attached hydrogen (secondary N) is 1. The number of anilines is 2. The molecule has 1 aliphatic rings. The maximum absolute atomic E-state index is 14.5. The van der Waals surface area contributed by atoms with E-state index in [0.29, 0.717) is 11.2 Å². The first kappa shape index (κ1) is 19.4. The van der Waals surface area contributed by atoms with Crippen LogP contribution in [0.5, 0.6) is 5.75 Å². The summed E-state index contributed by atoms with van der Waals surface area (Å²) in [7, 11) is 0. The Morgan fingerprint density at radius 2 is 1.93 bits per heavy atom. The van der Waals surface area contributed by atoms with Gasteiger partial charge < -0.3 is 19.7 Å². The largest absolute Gasteiger partial charge is 0.485 e. The third-order valence-corrected chi connectivity index (χ3v) is 5.11. The van der Waals surface area contributed by atoms with Crippen LogP contribution in [-0.2, 0) is 0 Å². The lowest BCUT2D eigenvalue weighted by Gasteiger charge is -2.20. The van der Waals surface area contributed by atoms with Crippen molar-refractivity contribution in [2.45, 2.75) is 32.7 Å². The number of hydrogen-bond donors (Lipinski definition) is 2. The van der Waals surface area contributed by atoms with E-state index in [9.17, 15) is 13.6 Å². The van der Waals surface area contributed by atoms with Gasteiger partial charge in [-0.05, 0) is 56.5 Å². The van der Waals surface area contributed by atoms with Crippen molar-refractivity contribution in [3.63, 3.8) is 0 Å². The Hall–Kier alpha value is -2.93. The quantitative estimate of drug-likeness (QED) is 0.646. The van der Waals surface area contributed by atoms with Crippen LogP contribution in [-0.4, -0.2) is 22.9 Å². The number of benzene rings is 2. The molecule has 0 amide bonds. The summed E-state index contributed by atoms with van der Waals surface area (Å²) in [5.41, 5.74) is 1.70. The van der Waals surface area contributed by atoms with E-state index in [0.717, 1.165) is 18.4 Å². The van der Waals surface area contributed by atoms with Gasteiger partial charge in [0.15, 0.2) is 5.75 Å². The summed E-state index contributed by atoms with van der Waals surface area (Å²) in [4.78, 5) is 13.2. The predicted octanol–water partition coefficient (Wildman–Crippen LogP) is 4.35. The molecule has 2 aromatic carbocycles. The molecule has 1 fully saturated rings. The zero-order valence-corrected chi connectivity index (χ0v) is 16.3. The highest BCUT2D eigenvalue weighted by atomic mass is 19.1. The lowest BCUT2D eigenvalue weighted by molar-refractivity contribution is 0.198. The summed E-state index contributed by atoms with van der Waals surface area (Å²) in [6, 6.07) is 7.32. The van der Waals surface area contributed by atoms with Gasteiger partial charge in [-0.1, -0.05) is 6.07 Å². The summed E-state index contributed by atoms with van der Waals surface area (Å²) < 4.78 is 36.3. The zero-order chi connectivity index (χ0) is 20.7. The molecule has 0 atom stereocenters. The molecule has 0 saturated heterocycles. The molecular formula is C22H22F2N2O3. The van der Waals surface area contributed by atoms with Crippen LogP contribution >= 0.6 is 0 Å². The van der Waals surface area contributed by atoms with Gasteiger partial charge in [-0.2, -0.15) is 0 Å². The van der Waals surface area contributed by atoms with Crippen LogP contribution in [0.4, 0.5) is 20.2 Å². The first-order valence-corrected chi connectivity index (χ1v) is 9.56. The van der Waals surface area contributed by atoms with Gasteiger partial charge in [-0.3, -0.25) is 4.79 Å². The lowest BCUT2D eigenvalue weighted by Crippen LogP contribution is -2.19. The van der Waals surface area contributed by atoms with Crippen molar-refractivity contribution in [1.82, 2.24) is 4.57 Å². The number of aromatic nitrogens is 1. The van der Waals surface area contributed by atoms with E-state index in [1.54, 1.807) is 26.0 Å². The molecule has 152 valence electrons. The molecule has 7 heteroatoms. The lowest BCUT2D eigenvalue weighted by atomic mass is 10.1. The van der Waals surface area contributed by atoms with Gasteiger partial charge in [0.25, 0.3) is 0 Å². The molecule has 1 heterocycles. The van der Waals surface area contributed by atoms with Gasteiger partial charge in [-0.15, -0.1) is 0 Å². The molecule has 1 aromatic heterocycles. The second-order valence-electron chi connectivity index (χ2n) is 7.37. The monoisotopic (exact) mass is 400 g/mol. The second-order valence-corrected chi connectivity index (χ2v) is 7.37. The number of aliphatic hydroxyl groups excluding tert-OH is 1. The van der Waals surface area contributed by atoms with Gasteiger partial charge in [0.05, 0.1) is 34.6 Å². The standard InChI is InChI=1S/C22H22F2N2O3/c1-12-3-6-17(16(24)9-12)25-18-10-14(23)11-19-20(18)21(28)22(29-8-7-27)13(2)26(19)15-4-5-15/h3,6,9-11,15,25,27H,4-5,7-8H2,1-2H3. The molecule has 3 aromatic rings. The maximum Gasteiger partial charge on any atom is 0.233 e. The topological polar surface area (TPSA) is 63.5 Å². The summed E-state index contributed by atoms with van der Waals surface area (Å²) in [5, 5.41) is 12.2. The van der Waals surface area contributed by atoms with Gasteiger partial charge in [0.2, 0.25) is 5.43 Å². The van der Waals surface area contributed by atoms with Crippen molar-refractivity contribution >= 4 is 22.3 Å². The van der Waals surface area contributed by atoms with Crippen molar-refractivity contribution in [2.24, 2.45) is 0 Å². The highest BCUT2D eigenvalue weighted by molar-refractivity contribution is 5.95. The Balaban J connectivity index is 1.97. The Morgan fingerprint density at radius 1 is 1.17 bits per heavy atom. The minimum Gasteiger partial charge on any atom is -0.485 e. The van der Waals surface area contributed by atoms with Crippen molar-refractivity contribution in [1.29, 1.82) is 0 Å². The Kier molecular flexibility index (Phi) is 5.00. The Bertz CT molecular complexity index is 1150. The van der Waals surface area contributed by atoms with Crippen molar-refractivity contribution in [2.75, 3.05) is 18.5 Å². The van der Waals surface area contributed by atoms with Gasteiger partial charge in [0, 0.05) is 6.04 Å².